The molecule has 0 amide bonds. The molecule has 0 aliphatic heterocycles. The number of non-ortho nitro benzene ring substituents is 1. The minimum Gasteiger partial charge on any atom is -0.507 e. The summed E-state index contributed by atoms with van der Waals surface area (Å²) in [7, 11) is 1.59. The van der Waals surface area contributed by atoms with Gasteiger partial charge in [-0.05, 0) is 11.6 Å². The number of aromatic hydroxyl groups is 1. The van der Waals surface area contributed by atoms with Gasteiger partial charge in [0.25, 0.3) is 5.69 Å². The van der Waals surface area contributed by atoms with E-state index < -0.39 is 16.9 Å². The third kappa shape index (κ3) is 2.16. The largest absolute Gasteiger partial charge is 0.507 e. The van der Waals surface area contributed by atoms with Gasteiger partial charge in [0.15, 0.2) is 0 Å². The Hall–Kier alpha value is -2.61. The maximum Gasteiger partial charge on any atom is 0.320 e. The number of aryl methyl sites for hydroxylation is 1. The number of fused-ring (bicyclic) bond motifs is 1. The summed E-state index contributed by atoms with van der Waals surface area (Å²) in [6, 6.07) is 1.29. The van der Waals surface area contributed by atoms with Crippen molar-refractivity contribution >= 4 is 22.6 Å². The minimum absolute atomic E-state index is 0.0264. The van der Waals surface area contributed by atoms with Crippen LogP contribution in [0.5, 0.6) is 5.75 Å². The SMILES string of the molecule is Cn1cc(CC(N)C(=O)O)c2c(O)ccc([N+](=O)[O-])c21. The van der Waals surface area contributed by atoms with Gasteiger partial charge in [0.05, 0.1) is 10.3 Å². The molecule has 0 bridgehead atoms. The Kier molecular flexibility index (Phi) is 3.33. The lowest BCUT2D eigenvalue weighted by molar-refractivity contribution is -0.383. The predicted octanol–water partition coefficient (Wildman–Crippen LogP) is 0.746. The Morgan fingerprint density at radius 1 is 1.55 bits per heavy atom. The van der Waals surface area contributed by atoms with Crippen molar-refractivity contribution < 1.29 is 19.9 Å². The monoisotopic (exact) mass is 279 g/mol. The lowest BCUT2D eigenvalue weighted by Gasteiger charge is -2.05. The molecule has 2 rings (SSSR count). The zero-order valence-electron chi connectivity index (χ0n) is 10.6. The molecule has 0 radical (unpaired) electrons. The number of aromatic nitrogens is 1. The van der Waals surface area contributed by atoms with E-state index in [1.54, 1.807) is 13.2 Å². The van der Waals surface area contributed by atoms with Crippen LogP contribution in [-0.4, -0.2) is 31.7 Å². The highest BCUT2D eigenvalue weighted by atomic mass is 16.6. The van der Waals surface area contributed by atoms with Gasteiger partial charge in [-0.2, -0.15) is 0 Å². The van der Waals surface area contributed by atoms with Gasteiger partial charge in [0.1, 0.15) is 17.3 Å². The van der Waals surface area contributed by atoms with Crippen molar-refractivity contribution in [3.8, 4) is 5.75 Å². The van der Waals surface area contributed by atoms with Crippen LogP contribution in [-0.2, 0) is 18.3 Å². The van der Waals surface area contributed by atoms with E-state index in [-0.39, 0.29) is 28.8 Å². The van der Waals surface area contributed by atoms with Crippen LogP contribution in [0.4, 0.5) is 5.69 Å². The molecule has 8 heteroatoms. The zero-order valence-corrected chi connectivity index (χ0v) is 10.6. The second-order valence-corrected chi connectivity index (χ2v) is 4.50. The maximum absolute atomic E-state index is 11.0. The van der Waals surface area contributed by atoms with Crippen molar-refractivity contribution in [1.29, 1.82) is 0 Å². The molecule has 2 aromatic rings. The fourth-order valence-corrected chi connectivity index (χ4v) is 2.23. The van der Waals surface area contributed by atoms with Gasteiger partial charge >= 0.3 is 5.97 Å². The van der Waals surface area contributed by atoms with E-state index in [2.05, 4.69) is 0 Å². The highest BCUT2D eigenvalue weighted by Crippen LogP contribution is 2.36. The highest BCUT2D eigenvalue weighted by molar-refractivity contribution is 5.96. The van der Waals surface area contributed by atoms with Crippen LogP contribution in [0.15, 0.2) is 18.3 Å². The fourth-order valence-electron chi connectivity index (χ4n) is 2.23. The van der Waals surface area contributed by atoms with Gasteiger partial charge in [-0.1, -0.05) is 0 Å². The van der Waals surface area contributed by atoms with E-state index in [4.69, 9.17) is 10.8 Å². The molecule has 1 atom stereocenters. The predicted molar refractivity (Wildman–Crippen MR) is 70.6 cm³/mol. The molecule has 20 heavy (non-hydrogen) atoms. The van der Waals surface area contributed by atoms with Gasteiger partial charge in [0.2, 0.25) is 0 Å². The Morgan fingerprint density at radius 2 is 2.20 bits per heavy atom. The number of phenols is 1. The molecular formula is C12H13N3O5. The van der Waals surface area contributed by atoms with Crippen molar-refractivity contribution in [3.05, 3.63) is 34.0 Å². The standard InChI is InChI=1S/C12H13N3O5/c1-14-5-6(4-7(13)12(17)18)10-9(16)3-2-8(11(10)14)15(19)20/h2-3,5,7,16H,4,13H2,1H3,(H,17,18). The lowest BCUT2D eigenvalue weighted by Crippen LogP contribution is -2.32. The fraction of sp³-hybridized carbons (Fsp3) is 0.250. The summed E-state index contributed by atoms with van der Waals surface area (Å²) in [4.78, 5) is 21.3. The van der Waals surface area contributed by atoms with Gasteiger partial charge in [-0.15, -0.1) is 0 Å². The first-order chi connectivity index (χ1) is 9.32. The van der Waals surface area contributed by atoms with Crippen molar-refractivity contribution in [2.24, 2.45) is 12.8 Å². The van der Waals surface area contributed by atoms with E-state index in [0.29, 0.717) is 5.56 Å². The molecule has 0 fully saturated rings. The number of nitro groups is 1. The summed E-state index contributed by atoms with van der Waals surface area (Å²) >= 11 is 0. The number of nitrogens with two attached hydrogens (primary N) is 1. The Morgan fingerprint density at radius 3 is 2.75 bits per heavy atom. The first-order valence-electron chi connectivity index (χ1n) is 5.75. The van der Waals surface area contributed by atoms with Gasteiger partial charge in [-0.3, -0.25) is 14.9 Å². The summed E-state index contributed by atoms with van der Waals surface area (Å²) < 4.78 is 1.48. The second-order valence-electron chi connectivity index (χ2n) is 4.50. The molecule has 1 aromatic heterocycles. The van der Waals surface area contributed by atoms with E-state index in [1.807, 2.05) is 0 Å². The summed E-state index contributed by atoms with van der Waals surface area (Å²) in [5.74, 6) is -1.31. The van der Waals surface area contributed by atoms with Gasteiger partial charge in [-0.25, -0.2) is 0 Å². The van der Waals surface area contributed by atoms with Crippen molar-refractivity contribution in [2.45, 2.75) is 12.5 Å². The van der Waals surface area contributed by atoms with E-state index in [1.165, 1.54) is 16.7 Å². The molecule has 1 aromatic carbocycles. The molecule has 0 aliphatic rings. The Labute approximate surface area is 113 Å². The maximum atomic E-state index is 11.0. The molecule has 1 unspecified atom stereocenters. The lowest BCUT2D eigenvalue weighted by atomic mass is 10.0. The second kappa shape index (κ2) is 4.82. The molecule has 4 N–H and O–H groups in total. The van der Waals surface area contributed by atoms with Crippen molar-refractivity contribution in [1.82, 2.24) is 4.57 Å². The van der Waals surface area contributed by atoms with E-state index in [9.17, 15) is 20.0 Å². The van der Waals surface area contributed by atoms with Crippen LogP contribution in [0.2, 0.25) is 0 Å². The summed E-state index contributed by atoms with van der Waals surface area (Å²) in [6.07, 6.45) is 1.52. The first-order valence-corrected chi connectivity index (χ1v) is 5.75. The highest BCUT2D eigenvalue weighted by Gasteiger charge is 2.23. The molecular weight excluding hydrogens is 266 g/mol. The number of hydrogen-bond acceptors (Lipinski definition) is 5. The molecule has 0 saturated carbocycles. The average Bonchev–Trinajstić information content (AvgIpc) is 2.67. The van der Waals surface area contributed by atoms with Crippen LogP contribution >= 0.6 is 0 Å². The molecule has 0 saturated heterocycles. The minimum atomic E-state index is -1.17. The normalized spacial score (nSPS) is 12.5. The molecule has 8 nitrogen and oxygen atoms in total. The number of nitro benzene ring substituents is 1. The number of nitrogens with zero attached hydrogens (tertiary/aromatic N) is 2. The van der Waals surface area contributed by atoms with Gasteiger partial charge < -0.3 is 20.5 Å². The first kappa shape index (κ1) is 13.8. The number of carboxylic acid groups (broad SMARTS) is 1. The summed E-state index contributed by atoms with van der Waals surface area (Å²) in [5, 5.41) is 30.0. The van der Waals surface area contributed by atoms with Crippen LogP contribution in [0.3, 0.4) is 0 Å². The molecule has 1 heterocycles. The zero-order chi connectivity index (χ0) is 15.0. The van der Waals surface area contributed by atoms with Crippen LogP contribution < -0.4 is 5.73 Å². The third-order valence-electron chi connectivity index (χ3n) is 3.11. The molecule has 106 valence electrons. The average molecular weight is 279 g/mol. The number of phenolic OH excluding ortho intramolecular Hbond substituents is 1. The third-order valence-corrected chi connectivity index (χ3v) is 3.11. The number of aliphatic carboxylic acids is 1. The van der Waals surface area contributed by atoms with Crippen LogP contribution in [0, 0.1) is 10.1 Å². The quantitative estimate of drug-likeness (QED) is 0.558. The van der Waals surface area contributed by atoms with Crippen LogP contribution in [0.1, 0.15) is 5.56 Å². The number of carbonyl (C=O) groups is 1. The number of benzene rings is 1. The van der Waals surface area contributed by atoms with Crippen LogP contribution in [0.25, 0.3) is 10.9 Å². The van der Waals surface area contributed by atoms with E-state index in [0.717, 1.165) is 0 Å². The van der Waals surface area contributed by atoms with E-state index >= 15 is 0 Å². The number of carboxylic acids is 1. The van der Waals surface area contributed by atoms with Crippen molar-refractivity contribution in [3.63, 3.8) is 0 Å². The number of hydrogen-bond donors (Lipinski definition) is 3. The molecule has 0 spiro atoms. The Bertz CT molecular complexity index is 707. The topological polar surface area (TPSA) is 132 Å². The smallest absolute Gasteiger partial charge is 0.320 e. The summed E-state index contributed by atoms with van der Waals surface area (Å²) in [6.45, 7) is 0. The molecule has 0 aliphatic carbocycles. The number of rotatable bonds is 4. The Balaban J connectivity index is 2.67. The summed E-state index contributed by atoms with van der Waals surface area (Å²) in [5.41, 5.74) is 6.01. The van der Waals surface area contributed by atoms with Gasteiger partial charge in [0, 0.05) is 25.7 Å². The van der Waals surface area contributed by atoms with Crippen molar-refractivity contribution in [2.75, 3.05) is 0 Å².